The Kier molecular flexibility index (Phi) is 6.26. The standard InChI is InChI=1S/C24H24F2N2O5/c1-5-24(4,23(32)33)27-21(30)12(2)20-13(3)28(19-9-7-15(29)11-16(19)20)22(31)14-6-8-17(25)18(26)10-14/h6-12,29H,5H2,1-4H3,(H,27,30)(H,32,33). The molecule has 3 aromatic rings. The van der Waals surface area contributed by atoms with E-state index in [4.69, 9.17) is 0 Å². The van der Waals surface area contributed by atoms with Crippen LogP contribution in [-0.4, -0.2) is 38.1 Å². The Morgan fingerprint density at radius 2 is 1.79 bits per heavy atom. The second kappa shape index (κ2) is 8.65. The van der Waals surface area contributed by atoms with Crippen LogP contribution in [0.4, 0.5) is 8.78 Å². The third kappa shape index (κ3) is 4.18. The predicted octanol–water partition coefficient (Wildman–Crippen LogP) is 4.10. The summed E-state index contributed by atoms with van der Waals surface area (Å²) in [6.07, 6.45) is 0.150. The molecule has 174 valence electrons. The number of fused-ring (bicyclic) bond motifs is 1. The van der Waals surface area contributed by atoms with E-state index in [1.54, 1.807) is 20.8 Å². The van der Waals surface area contributed by atoms with Gasteiger partial charge in [0.25, 0.3) is 5.91 Å². The van der Waals surface area contributed by atoms with Crippen molar-refractivity contribution in [3.63, 3.8) is 0 Å². The van der Waals surface area contributed by atoms with Gasteiger partial charge in [0, 0.05) is 16.6 Å². The summed E-state index contributed by atoms with van der Waals surface area (Å²) in [7, 11) is 0. The number of hydrogen-bond acceptors (Lipinski definition) is 4. The van der Waals surface area contributed by atoms with E-state index in [9.17, 15) is 33.4 Å². The molecule has 1 amide bonds. The van der Waals surface area contributed by atoms with Crippen molar-refractivity contribution in [2.75, 3.05) is 0 Å². The first kappa shape index (κ1) is 23.9. The summed E-state index contributed by atoms with van der Waals surface area (Å²) in [5.41, 5.74) is -0.484. The van der Waals surface area contributed by atoms with Gasteiger partial charge < -0.3 is 15.5 Å². The van der Waals surface area contributed by atoms with Gasteiger partial charge in [-0.05, 0) is 69.2 Å². The van der Waals surface area contributed by atoms with Crippen molar-refractivity contribution in [1.29, 1.82) is 0 Å². The quantitative estimate of drug-likeness (QED) is 0.516. The maximum absolute atomic E-state index is 13.7. The highest BCUT2D eigenvalue weighted by atomic mass is 19.2. The van der Waals surface area contributed by atoms with Crippen LogP contribution in [0.25, 0.3) is 10.9 Å². The third-order valence-electron chi connectivity index (χ3n) is 6.01. The summed E-state index contributed by atoms with van der Waals surface area (Å²) in [5.74, 6) is -5.66. The maximum Gasteiger partial charge on any atom is 0.329 e. The fourth-order valence-corrected chi connectivity index (χ4v) is 3.80. The highest BCUT2D eigenvalue weighted by molar-refractivity contribution is 6.05. The topological polar surface area (TPSA) is 109 Å². The highest BCUT2D eigenvalue weighted by Crippen LogP contribution is 2.35. The molecule has 0 saturated heterocycles. The summed E-state index contributed by atoms with van der Waals surface area (Å²) in [6, 6.07) is 7.04. The number of carboxylic acid groups (broad SMARTS) is 1. The smallest absolute Gasteiger partial charge is 0.329 e. The molecule has 3 rings (SSSR count). The number of aliphatic carboxylic acids is 1. The molecule has 2 aromatic carbocycles. The molecule has 0 spiro atoms. The lowest BCUT2D eigenvalue weighted by Gasteiger charge is -2.26. The lowest BCUT2D eigenvalue weighted by Crippen LogP contribution is -2.52. The number of amides is 1. The van der Waals surface area contributed by atoms with Crippen molar-refractivity contribution in [2.45, 2.75) is 45.6 Å². The molecule has 0 aliphatic rings. The minimum atomic E-state index is -1.48. The third-order valence-corrected chi connectivity index (χ3v) is 6.01. The number of carbonyl (C=O) groups is 3. The number of phenols is 1. The fourth-order valence-electron chi connectivity index (χ4n) is 3.80. The molecule has 7 nitrogen and oxygen atoms in total. The van der Waals surface area contributed by atoms with Gasteiger partial charge >= 0.3 is 5.97 Å². The van der Waals surface area contributed by atoms with Gasteiger partial charge in [0.2, 0.25) is 5.91 Å². The van der Waals surface area contributed by atoms with Crippen molar-refractivity contribution < 1.29 is 33.4 Å². The molecule has 1 aromatic heterocycles. The molecule has 2 atom stereocenters. The highest BCUT2D eigenvalue weighted by Gasteiger charge is 2.36. The van der Waals surface area contributed by atoms with E-state index in [0.717, 1.165) is 18.2 Å². The van der Waals surface area contributed by atoms with Gasteiger partial charge in [-0.1, -0.05) is 6.92 Å². The fraction of sp³-hybridized carbons (Fsp3) is 0.292. The number of aromatic hydroxyl groups is 1. The number of aromatic nitrogens is 1. The average molecular weight is 458 g/mol. The number of benzene rings is 2. The number of nitrogens with zero attached hydrogens (tertiary/aromatic N) is 1. The van der Waals surface area contributed by atoms with Gasteiger partial charge in [-0.25, -0.2) is 13.6 Å². The van der Waals surface area contributed by atoms with Gasteiger partial charge in [0.1, 0.15) is 11.3 Å². The molecule has 0 fully saturated rings. The number of halogens is 2. The lowest BCUT2D eigenvalue weighted by molar-refractivity contribution is -0.147. The van der Waals surface area contributed by atoms with Crippen LogP contribution in [0, 0.1) is 18.6 Å². The number of nitrogens with one attached hydrogen (secondary N) is 1. The second-order valence-electron chi connectivity index (χ2n) is 8.17. The largest absolute Gasteiger partial charge is 0.508 e. The van der Waals surface area contributed by atoms with Crippen molar-refractivity contribution in [2.24, 2.45) is 0 Å². The monoisotopic (exact) mass is 458 g/mol. The second-order valence-corrected chi connectivity index (χ2v) is 8.17. The maximum atomic E-state index is 13.7. The first-order chi connectivity index (χ1) is 15.4. The molecule has 0 aliphatic heterocycles. The molecule has 0 radical (unpaired) electrons. The van der Waals surface area contributed by atoms with Gasteiger partial charge in [-0.15, -0.1) is 0 Å². The van der Waals surface area contributed by atoms with Crippen LogP contribution in [0.15, 0.2) is 36.4 Å². The minimum Gasteiger partial charge on any atom is -0.508 e. The lowest BCUT2D eigenvalue weighted by atomic mass is 9.93. The Hall–Kier alpha value is -3.75. The Morgan fingerprint density at radius 3 is 2.36 bits per heavy atom. The molecule has 0 saturated carbocycles. The van der Waals surface area contributed by atoms with Crippen LogP contribution in [0.5, 0.6) is 5.75 Å². The van der Waals surface area contributed by atoms with E-state index in [2.05, 4.69) is 5.32 Å². The summed E-state index contributed by atoms with van der Waals surface area (Å²) >= 11 is 0. The summed E-state index contributed by atoms with van der Waals surface area (Å²) < 4.78 is 28.4. The zero-order chi connectivity index (χ0) is 24.7. The van der Waals surface area contributed by atoms with Crippen molar-refractivity contribution >= 4 is 28.7 Å². The van der Waals surface area contributed by atoms with Crippen LogP contribution in [-0.2, 0) is 9.59 Å². The molecule has 3 N–H and O–H groups in total. The van der Waals surface area contributed by atoms with Crippen LogP contribution in [0.2, 0.25) is 0 Å². The predicted molar refractivity (Wildman–Crippen MR) is 117 cm³/mol. The van der Waals surface area contributed by atoms with Gasteiger partial charge in [0.15, 0.2) is 11.6 Å². The molecular formula is C24H24F2N2O5. The van der Waals surface area contributed by atoms with Crippen molar-refractivity contribution in [3.8, 4) is 5.75 Å². The normalized spacial score (nSPS) is 14.0. The Morgan fingerprint density at radius 1 is 1.12 bits per heavy atom. The summed E-state index contributed by atoms with van der Waals surface area (Å²) in [5, 5.41) is 22.5. The van der Waals surface area contributed by atoms with Gasteiger partial charge in [-0.2, -0.15) is 0 Å². The van der Waals surface area contributed by atoms with Crippen LogP contribution in [0.1, 0.15) is 54.7 Å². The number of rotatable bonds is 6. The molecule has 2 unspecified atom stereocenters. The van der Waals surface area contributed by atoms with Crippen LogP contribution < -0.4 is 5.32 Å². The minimum absolute atomic E-state index is 0.0993. The first-order valence-corrected chi connectivity index (χ1v) is 10.3. The van der Waals surface area contributed by atoms with E-state index in [0.29, 0.717) is 22.2 Å². The molecule has 0 aliphatic carbocycles. The van der Waals surface area contributed by atoms with E-state index < -0.39 is 40.9 Å². The summed E-state index contributed by atoms with van der Waals surface area (Å²) in [6.45, 7) is 6.18. The van der Waals surface area contributed by atoms with Crippen molar-refractivity contribution in [1.82, 2.24) is 9.88 Å². The zero-order valence-electron chi connectivity index (χ0n) is 18.6. The van der Waals surface area contributed by atoms with Crippen molar-refractivity contribution in [3.05, 3.63) is 64.9 Å². The van der Waals surface area contributed by atoms with E-state index in [1.807, 2.05) is 0 Å². The molecule has 9 heteroatoms. The van der Waals surface area contributed by atoms with E-state index in [1.165, 1.54) is 29.7 Å². The number of carboxylic acids is 1. The first-order valence-electron chi connectivity index (χ1n) is 10.3. The number of carbonyl (C=O) groups excluding carboxylic acids is 2. The summed E-state index contributed by atoms with van der Waals surface area (Å²) in [4.78, 5) is 37.9. The molecule has 0 bridgehead atoms. The Balaban J connectivity index is 2.15. The zero-order valence-corrected chi connectivity index (χ0v) is 18.6. The SMILES string of the molecule is CCC(C)(NC(=O)C(C)c1c(C)n(C(=O)c2ccc(F)c(F)c2)c2ccc(O)cc12)C(=O)O. The number of phenolic OH excluding ortho intramolecular Hbond substituents is 1. The van der Waals surface area contributed by atoms with Gasteiger partial charge in [0.05, 0.1) is 11.4 Å². The van der Waals surface area contributed by atoms with E-state index >= 15 is 0 Å². The molecule has 1 heterocycles. The molecule has 33 heavy (non-hydrogen) atoms. The average Bonchev–Trinajstić information content (AvgIpc) is 3.04. The van der Waals surface area contributed by atoms with Crippen LogP contribution in [0.3, 0.4) is 0 Å². The Labute approximate surface area is 188 Å². The van der Waals surface area contributed by atoms with Gasteiger partial charge in [-0.3, -0.25) is 14.2 Å². The number of hydrogen-bond donors (Lipinski definition) is 3. The van der Waals surface area contributed by atoms with Crippen LogP contribution >= 0.6 is 0 Å². The Bertz CT molecular complexity index is 1280. The molecular weight excluding hydrogens is 434 g/mol. The van der Waals surface area contributed by atoms with E-state index in [-0.39, 0.29) is 17.7 Å².